The highest BCUT2D eigenvalue weighted by Gasteiger charge is 2.30. The van der Waals surface area contributed by atoms with Crippen LogP contribution in [0.3, 0.4) is 0 Å². The number of pyridine rings is 1. The summed E-state index contributed by atoms with van der Waals surface area (Å²) in [5.74, 6) is -0.833. The summed E-state index contributed by atoms with van der Waals surface area (Å²) in [6.07, 6.45) is 5.11. The normalized spacial score (nSPS) is 18.5. The Morgan fingerprint density at radius 1 is 1.30 bits per heavy atom. The van der Waals surface area contributed by atoms with Crippen molar-refractivity contribution >= 4 is 39.1 Å². The zero-order valence-electron chi connectivity index (χ0n) is 20.5. The van der Waals surface area contributed by atoms with Crippen molar-refractivity contribution < 1.29 is 35.9 Å². The van der Waals surface area contributed by atoms with Crippen LogP contribution in [0.25, 0.3) is 11.3 Å². The lowest BCUT2D eigenvalue weighted by Gasteiger charge is -2.27. The minimum atomic E-state index is -4.43. The van der Waals surface area contributed by atoms with Gasteiger partial charge in [-0.05, 0) is 50.3 Å². The number of sulfone groups is 1. The molecule has 2 aromatic rings. The Balaban J connectivity index is 1.73. The van der Waals surface area contributed by atoms with E-state index in [0.717, 1.165) is 0 Å². The molecule has 1 aliphatic carbocycles. The molecule has 1 saturated carbocycles. The van der Waals surface area contributed by atoms with Crippen LogP contribution in [0.1, 0.15) is 43.1 Å². The minimum Gasteiger partial charge on any atom is -0.496 e. The van der Waals surface area contributed by atoms with E-state index in [1.165, 1.54) is 30.3 Å². The van der Waals surface area contributed by atoms with Crippen LogP contribution in [-0.2, 0) is 16.4 Å². The Bertz CT molecular complexity index is 1220. The lowest BCUT2D eigenvalue weighted by Crippen LogP contribution is -2.34. The van der Waals surface area contributed by atoms with Gasteiger partial charge in [0, 0.05) is 31.6 Å². The zero-order valence-corrected chi connectivity index (χ0v) is 22.9. The first-order valence-corrected chi connectivity index (χ1v) is 14.8. The number of hydrogen-bond donors (Lipinski definition) is 1. The van der Waals surface area contributed by atoms with Crippen LogP contribution in [-0.4, -0.2) is 65.7 Å². The Kier molecular flexibility index (Phi) is 9.62. The first-order chi connectivity index (χ1) is 17.3. The second kappa shape index (κ2) is 12.1. The van der Waals surface area contributed by atoms with Gasteiger partial charge in [-0.2, -0.15) is 18.3 Å². The number of carbonyl (C=O) groups excluding carboxylic acids is 1. The molecule has 0 aromatic carbocycles. The van der Waals surface area contributed by atoms with Crippen LogP contribution in [0.2, 0.25) is 5.02 Å². The molecule has 206 valence electrons. The van der Waals surface area contributed by atoms with Crippen molar-refractivity contribution in [3.63, 3.8) is 0 Å². The number of carbonyl (C=O) groups is 1. The number of aryl methyl sites for hydroxylation is 1. The number of nitrogens with zero attached hydrogens (tertiary/aromatic N) is 3. The number of hydrogen-bond acceptors (Lipinski definition) is 8. The number of halogens is 4. The van der Waals surface area contributed by atoms with Crippen molar-refractivity contribution in [1.82, 2.24) is 20.1 Å². The van der Waals surface area contributed by atoms with Gasteiger partial charge in [0.1, 0.15) is 21.5 Å². The number of amides is 1. The summed E-state index contributed by atoms with van der Waals surface area (Å²) in [6, 6.07) is 1.34. The van der Waals surface area contributed by atoms with Gasteiger partial charge in [0.05, 0.1) is 28.6 Å². The first kappa shape index (κ1) is 29.4. The van der Waals surface area contributed by atoms with Gasteiger partial charge in [-0.15, -0.1) is 0 Å². The fourth-order valence-corrected chi connectivity index (χ4v) is 5.92. The third-order valence-electron chi connectivity index (χ3n) is 6.11. The molecular formula is C22H28ClF3N4O5S2. The van der Waals surface area contributed by atoms with Gasteiger partial charge >= 0.3 is 5.51 Å². The van der Waals surface area contributed by atoms with Crippen LogP contribution in [0.4, 0.5) is 13.2 Å². The maximum Gasteiger partial charge on any atom is 0.444 e. The standard InChI is InChI=1S/C22H28ClF3N4O5S2/c1-4-30-20(15-11-27-17(9-16(15)34-2)35-12-36-22(24,25)26)18(23)19(29-30)21(31)28-10-13-5-7-14(8-6-13)37(3,32)33/h9,11,13-14H,4-8,10,12H2,1-3H3,(H,28,31). The van der Waals surface area contributed by atoms with Crippen molar-refractivity contribution in [3.8, 4) is 22.9 Å². The fraction of sp³-hybridized carbons (Fsp3) is 0.591. The van der Waals surface area contributed by atoms with E-state index in [4.69, 9.17) is 21.1 Å². The monoisotopic (exact) mass is 584 g/mol. The topological polar surface area (TPSA) is 112 Å². The molecule has 1 aliphatic rings. The van der Waals surface area contributed by atoms with Crippen molar-refractivity contribution in [2.24, 2.45) is 5.92 Å². The third-order valence-corrected chi connectivity index (χ3v) is 8.71. The van der Waals surface area contributed by atoms with Crippen LogP contribution in [0, 0.1) is 5.92 Å². The molecule has 2 heterocycles. The molecular weight excluding hydrogens is 557 g/mol. The van der Waals surface area contributed by atoms with Gasteiger partial charge in [0.25, 0.3) is 5.91 Å². The molecule has 0 radical (unpaired) electrons. The molecule has 0 aliphatic heterocycles. The number of methoxy groups -OCH3 is 1. The summed E-state index contributed by atoms with van der Waals surface area (Å²) in [5.41, 5.74) is -3.68. The van der Waals surface area contributed by atoms with Gasteiger partial charge in [0.2, 0.25) is 5.88 Å². The van der Waals surface area contributed by atoms with Crippen LogP contribution >= 0.6 is 23.4 Å². The Labute approximate surface area is 222 Å². The summed E-state index contributed by atoms with van der Waals surface area (Å²) in [4.78, 5) is 17.0. The van der Waals surface area contributed by atoms with E-state index in [1.54, 1.807) is 6.92 Å². The largest absolute Gasteiger partial charge is 0.496 e. The number of ether oxygens (including phenoxy) is 2. The average molecular weight is 585 g/mol. The molecule has 0 saturated heterocycles. The molecule has 9 nitrogen and oxygen atoms in total. The lowest BCUT2D eigenvalue weighted by molar-refractivity contribution is -0.0336. The van der Waals surface area contributed by atoms with E-state index in [9.17, 15) is 26.4 Å². The molecule has 0 spiro atoms. The lowest BCUT2D eigenvalue weighted by atomic mass is 9.89. The highest BCUT2D eigenvalue weighted by molar-refractivity contribution is 8.00. The van der Waals surface area contributed by atoms with E-state index >= 15 is 0 Å². The highest BCUT2D eigenvalue weighted by atomic mass is 35.5. The van der Waals surface area contributed by atoms with Crippen molar-refractivity contribution in [3.05, 3.63) is 23.0 Å². The second-order valence-corrected chi connectivity index (χ2v) is 12.3. The van der Waals surface area contributed by atoms with Crippen LogP contribution < -0.4 is 14.8 Å². The van der Waals surface area contributed by atoms with Gasteiger partial charge in [0.15, 0.2) is 5.69 Å². The fourth-order valence-electron chi connectivity index (χ4n) is 4.16. The molecule has 1 N–H and O–H groups in total. The summed E-state index contributed by atoms with van der Waals surface area (Å²) in [7, 11) is -1.69. The summed E-state index contributed by atoms with van der Waals surface area (Å²) in [6.45, 7) is 2.54. The van der Waals surface area contributed by atoms with Gasteiger partial charge < -0.3 is 14.8 Å². The summed E-state index contributed by atoms with van der Waals surface area (Å²) in [5, 5.41) is 6.92. The minimum absolute atomic E-state index is 0.00675. The average Bonchev–Trinajstić information content (AvgIpc) is 3.17. The Morgan fingerprint density at radius 2 is 1.97 bits per heavy atom. The van der Waals surface area contributed by atoms with E-state index in [1.807, 2.05) is 0 Å². The third kappa shape index (κ3) is 7.66. The molecule has 1 amide bonds. The molecule has 37 heavy (non-hydrogen) atoms. The predicted octanol–water partition coefficient (Wildman–Crippen LogP) is 4.55. The second-order valence-electron chi connectivity index (χ2n) is 8.58. The molecule has 15 heteroatoms. The number of rotatable bonds is 10. The smallest absolute Gasteiger partial charge is 0.444 e. The molecule has 3 rings (SSSR count). The number of nitrogens with one attached hydrogen (secondary N) is 1. The zero-order chi connectivity index (χ0) is 27.4. The molecule has 1 fully saturated rings. The van der Waals surface area contributed by atoms with Gasteiger partial charge in [-0.3, -0.25) is 9.48 Å². The van der Waals surface area contributed by atoms with Crippen LogP contribution in [0.15, 0.2) is 12.3 Å². The quantitative estimate of drug-likeness (QED) is 0.405. The van der Waals surface area contributed by atoms with E-state index in [0.29, 0.717) is 50.0 Å². The summed E-state index contributed by atoms with van der Waals surface area (Å²) < 4.78 is 72.5. The van der Waals surface area contributed by atoms with Crippen LogP contribution in [0.5, 0.6) is 11.6 Å². The first-order valence-electron chi connectivity index (χ1n) is 11.4. The van der Waals surface area contributed by atoms with Crippen molar-refractivity contribution in [2.75, 3.05) is 25.8 Å². The van der Waals surface area contributed by atoms with Gasteiger partial charge in [-0.1, -0.05) is 11.6 Å². The van der Waals surface area contributed by atoms with Crippen molar-refractivity contribution in [1.29, 1.82) is 0 Å². The predicted molar refractivity (Wildman–Crippen MR) is 135 cm³/mol. The van der Waals surface area contributed by atoms with Crippen molar-refractivity contribution in [2.45, 2.75) is 49.9 Å². The molecule has 0 bridgehead atoms. The highest BCUT2D eigenvalue weighted by Crippen LogP contribution is 2.38. The number of aromatic nitrogens is 3. The molecule has 0 atom stereocenters. The Morgan fingerprint density at radius 3 is 2.54 bits per heavy atom. The van der Waals surface area contributed by atoms with E-state index in [2.05, 4.69) is 15.4 Å². The Hall–Kier alpha value is -2.19. The van der Waals surface area contributed by atoms with Gasteiger partial charge in [-0.25, -0.2) is 13.4 Å². The number of alkyl halides is 3. The SMILES string of the molecule is CCn1nc(C(=O)NCC2CCC(S(C)(=O)=O)CC2)c(Cl)c1-c1cnc(OCSC(F)(F)F)cc1OC. The van der Waals surface area contributed by atoms with E-state index < -0.39 is 27.2 Å². The maximum absolute atomic E-state index is 12.9. The molecule has 0 unspecified atom stereocenters. The van der Waals surface area contributed by atoms with E-state index in [-0.39, 0.29) is 45.3 Å². The molecule has 2 aromatic heterocycles. The summed E-state index contributed by atoms with van der Waals surface area (Å²) >= 11 is 6.24. The maximum atomic E-state index is 12.9. The number of thioether (sulfide) groups is 1.